The average molecular weight is 382 g/mol. The molecule has 0 radical (unpaired) electrons. The van der Waals surface area contributed by atoms with E-state index in [4.69, 9.17) is 0 Å². The van der Waals surface area contributed by atoms with Crippen molar-refractivity contribution >= 4 is 11.8 Å². The van der Waals surface area contributed by atoms with Crippen molar-refractivity contribution in [3.05, 3.63) is 24.3 Å². The molecule has 0 aliphatic heterocycles. The number of aliphatic hydroxyl groups is 3. The van der Waals surface area contributed by atoms with E-state index in [-0.39, 0.29) is 23.6 Å². The largest absolute Gasteiger partial charge is 0.469 e. The van der Waals surface area contributed by atoms with Crippen LogP contribution in [0.1, 0.15) is 58.3 Å². The number of allylic oxidation sites excluding steroid dienone is 2. The molecule has 1 aliphatic rings. The molecule has 1 unspecified atom stereocenters. The number of carbonyl (C=O) groups is 2. The lowest BCUT2D eigenvalue weighted by Crippen LogP contribution is -2.20. The van der Waals surface area contributed by atoms with Gasteiger partial charge in [0.15, 0.2) is 0 Å². The molecule has 27 heavy (non-hydrogen) atoms. The summed E-state index contributed by atoms with van der Waals surface area (Å²) in [5.41, 5.74) is 0. The molecule has 5 atom stereocenters. The van der Waals surface area contributed by atoms with Crippen molar-refractivity contribution in [2.45, 2.75) is 76.6 Å². The lowest BCUT2D eigenvalue weighted by atomic mass is 9.89. The van der Waals surface area contributed by atoms with E-state index in [2.05, 4.69) is 4.74 Å². The van der Waals surface area contributed by atoms with Crippen LogP contribution in [0.2, 0.25) is 0 Å². The zero-order chi connectivity index (χ0) is 20.2. The molecule has 6 nitrogen and oxygen atoms in total. The third kappa shape index (κ3) is 9.31. The van der Waals surface area contributed by atoms with Gasteiger partial charge in [0.2, 0.25) is 0 Å². The fourth-order valence-corrected chi connectivity index (χ4v) is 3.46. The van der Waals surface area contributed by atoms with Gasteiger partial charge >= 0.3 is 5.97 Å². The number of ether oxygens (including phenoxy) is 1. The van der Waals surface area contributed by atoms with Crippen LogP contribution < -0.4 is 0 Å². The molecule has 0 heterocycles. The molecule has 1 rings (SSSR count). The second kappa shape index (κ2) is 12.8. The predicted octanol–water partition coefficient (Wildman–Crippen LogP) is 2.31. The molecule has 0 saturated heterocycles. The van der Waals surface area contributed by atoms with Gasteiger partial charge in [-0.15, -0.1) is 0 Å². The Hall–Kier alpha value is -1.50. The van der Waals surface area contributed by atoms with Crippen LogP contribution in [0.15, 0.2) is 24.3 Å². The minimum Gasteiger partial charge on any atom is -0.469 e. The summed E-state index contributed by atoms with van der Waals surface area (Å²) < 4.78 is 4.59. The quantitative estimate of drug-likeness (QED) is 0.272. The van der Waals surface area contributed by atoms with Gasteiger partial charge < -0.3 is 24.9 Å². The number of aliphatic hydroxyl groups excluding tert-OH is 3. The standard InChI is InChI=1S/C21H34O6/c1-15(22)8-7-9-16(23)12-13-18-17(19(24)14-20(18)25)10-5-3-4-6-11-21(26)27-2/h3,5,12-13,16-20,23-25H,4,6-11,14H2,1-2H3/b5-3-,13-12+/t16-,17+,18+,19?,20+/m0/s1. The molecule has 0 spiro atoms. The molecule has 0 aromatic heterocycles. The van der Waals surface area contributed by atoms with E-state index in [1.165, 1.54) is 14.0 Å². The summed E-state index contributed by atoms with van der Waals surface area (Å²) in [5.74, 6) is -0.413. The second-order valence-corrected chi connectivity index (χ2v) is 7.33. The Labute approximate surface area is 161 Å². The van der Waals surface area contributed by atoms with Crippen LogP contribution in [-0.2, 0) is 14.3 Å². The smallest absolute Gasteiger partial charge is 0.305 e. The van der Waals surface area contributed by atoms with Crippen LogP contribution in [0.3, 0.4) is 0 Å². The van der Waals surface area contributed by atoms with Gasteiger partial charge in [-0.1, -0.05) is 24.3 Å². The predicted molar refractivity (Wildman–Crippen MR) is 103 cm³/mol. The highest BCUT2D eigenvalue weighted by Crippen LogP contribution is 2.36. The van der Waals surface area contributed by atoms with E-state index in [0.717, 1.165) is 12.8 Å². The molecule has 0 amide bonds. The first-order chi connectivity index (χ1) is 12.8. The van der Waals surface area contributed by atoms with Crippen molar-refractivity contribution in [3.8, 4) is 0 Å². The highest BCUT2D eigenvalue weighted by atomic mass is 16.5. The van der Waals surface area contributed by atoms with Gasteiger partial charge in [-0.25, -0.2) is 0 Å². The molecular weight excluding hydrogens is 348 g/mol. The van der Waals surface area contributed by atoms with Crippen molar-refractivity contribution in [2.75, 3.05) is 7.11 Å². The van der Waals surface area contributed by atoms with E-state index < -0.39 is 18.3 Å². The number of esters is 1. The zero-order valence-electron chi connectivity index (χ0n) is 16.4. The lowest BCUT2D eigenvalue weighted by molar-refractivity contribution is -0.140. The van der Waals surface area contributed by atoms with Gasteiger partial charge in [0.25, 0.3) is 0 Å². The summed E-state index contributed by atoms with van der Waals surface area (Å²) >= 11 is 0. The second-order valence-electron chi connectivity index (χ2n) is 7.33. The monoisotopic (exact) mass is 382 g/mol. The average Bonchev–Trinajstić information content (AvgIpc) is 2.88. The molecule has 0 aromatic rings. The molecule has 1 aliphatic carbocycles. The van der Waals surface area contributed by atoms with Gasteiger partial charge in [0, 0.05) is 25.2 Å². The molecule has 1 fully saturated rings. The van der Waals surface area contributed by atoms with E-state index in [0.29, 0.717) is 38.5 Å². The van der Waals surface area contributed by atoms with Crippen LogP contribution in [0, 0.1) is 11.8 Å². The van der Waals surface area contributed by atoms with E-state index in [1.807, 2.05) is 12.2 Å². The van der Waals surface area contributed by atoms with Crippen LogP contribution in [0.4, 0.5) is 0 Å². The van der Waals surface area contributed by atoms with Gasteiger partial charge in [0.05, 0.1) is 25.4 Å². The SMILES string of the molecule is COC(=O)CCC/C=C\C[C@H]1C(O)C[C@@H](O)[C@@H]1/C=C/[C@@H](O)CCCC(C)=O. The maximum atomic E-state index is 11.0. The van der Waals surface area contributed by atoms with Crippen LogP contribution in [-0.4, -0.2) is 52.5 Å². The fourth-order valence-electron chi connectivity index (χ4n) is 3.46. The Morgan fingerprint density at radius 1 is 1.15 bits per heavy atom. The number of rotatable bonds is 12. The van der Waals surface area contributed by atoms with Gasteiger partial charge in [-0.3, -0.25) is 4.79 Å². The Morgan fingerprint density at radius 3 is 2.56 bits per heavy atom. The van der Waals surface area contributed by atoms with Crippen LogP contribution in [0.25, 0.3) is 0 Å². The third-order valence-corrected chi connectivity index (χ3v) is 5.05. The number of methoxy groups -OCH3 is 1. The first kappa shape index (κ1) is 23.5. The molecule has 154 valence electrons. The maximum absolute atomic E-state index is 11.0. The first-order valence-corrected chi connectivity index (χ1v) is 9.79. The number of hydrogen-bond acceptors (Lipinski definition) is 6. The Morgan fingerprint density at radius 2 is 1.89 bits per heavy atom. The van der Waals surface area contributed by atoms with E-state index in [1.54, 1.807) is 12.2 Å². The van der Waals surface area contributed by atoms with Gasteiger partial charge in [-0.05, 0) is 44.9 Å². The normalized spacial score (nSPS) is 26.7. The zero-order valence-corrected chi connectivity index (χ0v) is 16.4. The maximum Gasteiger partial charge on any atom is 0.305 e. The highest BCUT2D eigenvalue weighted by Gasteiger charge is 2.39. The highest BCUT2D eigenvalue weighted by molar-refractivity contribution is 5.75. The minimum absolute atomic E-state index is 0.0995. The molecule has 6 heteroatoms. The van der Waals surface area contributed by atoms with E-state index >= 15 is 0 Å². The summed E-state index contributed by atoms with van der Waals surface area (Å²) in [4.78, 5) is 22.0. The van der Waals surface area contributed by atoms with Crippen molar-refractivity contribution in [3.63, 3.8) is 0 Å². The Bertz CT molecular complexity index is 513. The van der Waals surface area contributed by atoms with E-state index in [9.17, 15) is 24.9 Å². The number of Topliss-reactive ketones (excluding diaryl/α,β-unsaturated/α-hetero) is 1. The number of carbonyl (C=O) groups excluding carboxylic acids is 2. The summed E-state index contributed by atoms with van der Waals surface area (Å²) in [5, 5.41) is 30.4. The fraction of sp³-hybridized carbons (Fsp3) is 0.714. The first-order valence-electron chi connectivity index (χ1n) is 9.79. The topological polar surface area (TPSA) is 104 Å². The summed E-state index contributed by atoms with van der Waals surface area (Å²) in [6.45, 7) is 1.53. The lowest BCUT2D eigenvalue weighted by Gasteiger charge is -2.19. The Kier molecular flexibility index (Phi) is 11.2. The summed E-state index contributed by atoms with van der Waals surface area (Å²) in [6.07, 6.45) is 10.00. The number of ketones is 1. The number of hydrogen-bond donors (Lipinski definition) is 3. The molecule has 3 N–H and O–H groups in total. The van der Waals surface area contributed by atoms with Crippen LogP contribution >= 0.6 is 0 Å². The Balaban J connectivity index is 2.45. The molecule has 0 bridgehead atoms. The summed E-state index contributed by atoms with van der Waals surface area (Å²) in [7, 11) is 1.37. The van der Waals surface area contributed by atoms with Crippen molar-refractivity contribution in [1.82, 2.24) is 0 Å². The molecular formula is C21H34O6. The molecule has 1 saturated carbocycles. The van der Waals surface area contributed by atoms with Crippen molar-refractivity contribution in [1.29, 1.82) is 0 Å². The molecule has 0 aromatic carbocycles. The van der Waals surface area contributed by atoms with Crippen molar-refractivity contribution in [2.24, 2.45) is 11.8 Å². The number of unbranched alkanes of at least 4 members (excludes halogenated alkanes) is 1. The summed E-state index contributed by atoms with van der Waals surface area (Å²) in [6, 6.07) is 0. The van der Waals surface area contributed by atoms with Crippen LogP contribution in [0.5, 0.6) is 0 Å². The van der Waals surface area contributed by atoms with Gasteiger partial charge in [0.1, 0.15) is 5.78 Å². The minimum atomic E-state index is -0.649. The van der Waals surface area contributed by atoms with Crippen molar-refractivity contribution < 1.29 is 29.6 Å². The third-order valence-electron chi connectivity index (χ3n) is 5.05. The van der Waals surface area contributed by atoms with Gasteiger partial charge in [-0.2, -0.15) is 0 Å².